The van der Waals surface area contributed by atoms with E-state index in [0.29, 0.717) is 19.0 Å². The van der Waals surface area contributed by atoms with Crippen LogP contribution in [-0.4, -0.2) is 89.7 Å². The Bertz CT molecular complexity index is 650. The zero-order valence-corrected chi connectivity index (χ0v) is 15.3. The van der Waals surface area contributed by atoms with Crippen molar-refractivity contribution in [3.05, 3.63) is 18.0 Å². The number of hydrogen-bond acceptors (Lipinski definition) is 6. The van der Waals surface area contributed by atoms with Crippen molar-refractivity contribution in [2.24, 2.45) is 0 Å². The predicted molar refractivity (Wildman–Crippen MR) is 96.8 cm³/mol. The first-order valence-corrected chi connectivity index (χ1v) is 9.55. The molecule has 3 aliphatic heterocycles. The topological polar surface area (TPSA) is 64.6 Å². The Balaban J connectivity index is 1.28. The maximum Gasteiger partial charge on any atom is 0.239 e. The van der Waals surface area contributed by atoms with Crippen LogP contribution in [0, 0.1) is 6.92 Å². The molecule has 0 bridgehead atoms. The van der Waals surface area contributed by atoms with Gasteiger partial charge in [-0.15, -0.1) is 0 Å². The van der Waals surface area contributed by atoms with Gasteiger partial charge in [0.15, 0.2) is 0 Å². The molecule has 8 heteroatoms. The Labute approximate surface area is 153 Å². The minimum atomic E-state index is -0.854. The zero-order valence-electron chi connectivity index (χ0n) is 15.3. The van der Waals surface area contributed by atoms with E-state index in [-0.39, 0.29) is 18.5 Å². The summed E-state index contributed by atoms with van der Waals surface area (Å²) < 4.78 is 13.4. The Morgan fingerprint density at radius 1 is 1.27 bits per heavy atom. The Morgan fingerprint density at radius 2 is 2.08 bits per heavy atom. The molecule has 1 N–H and O–H groups in total. The molecule has 0 radical (unpaired) electrons. The van der Waals surface area contributed by atoms with Crippen LogP contribution < -0.4 is 10.2 Å². The smallest absolute Gasteiger partial charge is 0.239 e. The summed E-state index contributed by atoms with van der Waals surface area (Å²) in [5.41, 5.74) is 0.983. The number of alkyl halides is 1. The van der Waals surface area contributed by atoms with Gasteiger partial charge in [-0.3, -0.25) is 9.69 Å². The van der Waals surface area contributed by atoms with E-state index in [0.717, 1.165) is 50.8 Å². The average molecular weight is 362 g/mol. The summed E-state index contributed by atoms with van der Waals surface area (Å²) in [5, 5.41) is 3.35. The maximum absolute atomic E-state index is 13.4. The molecule has 142 valence electrons. The van der Waals surface area contributed by atoms with E-state index in [2.05, 4.69) is 25.1 Å². The van der Waals surface area contributed by atoms with Crippen molar-refractivity contribution >= 4 is 11.9 Å². The third kappa shape index (κ3) is 3.66. The second-order valence-corrected chi connectivity index (χ2v) is 7.54. The van der Waals surface area contributed by atoms with E-state index < -0.39 is 6.17 Å². The van der Waals surface area contributed by atoms with Gasteiger partial charge in [-0.25, -0.2) is 14.4 Å². The molecule has 1 aromatic rings. The van der Waals surface area contributed by atoms with Crippen LogP contribution in [0.5, 0.6) is 0 Å². The van der Waals surface area contributed by atoms with Gasteiger partial charge in [0.1, 0.15) is 6.17 Å². The third-order valence-corrected chi connectivity index (χ3v) is 5.74. The van der Waals surface area contributed by atoms with Crippen LogP contribution in [0.4, 0.5) is 10.3 Å². The monoisotopic (exact) mass is 362 g/mol. The SMILES string of the molecule is Cc1ccnc(N2CCN([C@@H]3CN[C@H](C(=O)N4CCC(F)C4)C3)CC2)n1. The first kappa shape index (κ1) is 17.6. The standard InChI is InChI=1S/C18H27FN6O/c1-13-2-4-20-18(22-13)24-8-6-23(7-9-24)15-10-16(21-11-15)17(26)25-5-3-14(19)12-25/h2,4,14-16,21H,3,5-12H2,1H3/t14?,15-,16-/m0/s1. The number of carbonyl (C=O) groups is 1. The zero-order chi connectivity index (χ0) is 18.1. The van der Waals surface area contributed by atoms with Gasteiger partial charge >= 0.3 is 0 Å². The summed E-state index contributed by atoms with van der Waals surface area (Å²) in [6.45, 7) is 7.30. The molecular formula is C18H27FN6O. The number of carbonyl (C=O) groups excluding carboxylic acids is 1. The number of halogens is 1. The number of likely N-dealkylation sites (tertiary alicyclic amines) is 1. The molecule has 3 saturated heterocycles. The van der Waals surface area contributed by atoms with Crippen molar-refractivity contribution < 1.29 is 9.18 Å². The van der Waals surface area contributed by atoms with Crippen LogP contribution in [0.2, 0.25) is 0 Å². The highest BCUT2D eigenvalue weighted by atomic mass is 19.1. The number of anilines is 1. The van der Waals surface area contributed by atoms with Crippen molar-refractivity contribution in [3.63, 3.8) is 0 Å². The Morgan fingerprint density at radius 3 is 2.77 bits per heavy atom. The van der Waals surface area contributed by atoms with E-state index in [9.17, 15) is 9.18 Å². The van der Waals surface area contributed by atoms with Gasteiger partial charge in [0.05, 0.1) is 12.6 Å². The van der Waals surface area contributed by atoms with Crippen LogP contribution >= 0.6 is 0 Å². The van der Waals surface area contributed by atoms with E-state index in [1.165, 1.54) is 0 Å². The highest BCUT2D eigenvalue weighted by molar-refractivity contribution is 5.82. The molecule has 0 spiro atoms. The fourth-order valence-corrected chi connectivity index (χ4v) is 4.20. The lowest BCUT2D eigenvalue weighted by Crippen LogP contribution is -2.51. The number of nitrogens with one attached hydrogen (secondary N) is 1. The molecular weight excluding hydrogens is 335 g/mol. The van der Waals surface area contributed by atoms with Crippen LogP contribution in [-0.2, 0) is 4.79 Å². The molecule has 3 fully saturated rings. The highest BCUT2D eigenvalue weighted by Gasteiger charge is 2.38. The molecule has 1 amide bonds. The minimum Gasteiger partial charge on any atom is -0.338 e. The van der Waals surface area contributed by atoms with Crippen molar-refractivity contribution in [3.8, 4) is 0 Å². The lowest BCUT2D eigenvalue weighted by atomic mass is 10.1. The van der Waals surface area contributed by atoms with E-state index in [4.69, 9.17) is 0 Å². The molecule has 3 atom stereocenters. The van der Waals surface area contributed by atoms with Gasteiger partial charge in [-0.1, -0.05) is 0 Å². The molecule has 1 aromatic heterocycles. The number of amides is 1. The normalized spacial score (nSPS) is 30.2. The molecule has 0 saturated carbocycles. The Kier molecular flexibility index (Phi) is 5.04. The summed E-state index contributed by atoms with van der Waals surface area (Å²) in [7, 11) is 0. The van der Waals surface area contributed by atoms with Crippen molar-refractivity contribution in [1.82, 2.24) is 25.1 Å². The largest absolute Gasteiger partial charge is 0.338 e. The number of rotatable bonds is 3. The van der Waals surface area contributed by atoms with Crippen molar-refractivity contribution in [2.45, 2.75) is 38.0 Å². The van der Waals surface area contributed by atoms with Crippen LogP contribution in [0.15, 0.2) is 12.3 Å². The van der Waals surface area contributed by atoms with E-state index in [1.807, 2.05) is 19.2 Å². The molecule has 3 aliphatic rings. The van der Waals surface area contributed by atoms with Gasteiger partial charge in [0.25, 0.3) is 0 Å². The number of piperazine rings is 1. The molecule has 26 heavy (non-hydrogen) atoms. The van der Waals surface area contributed by atoms with Crippen molar-refractivity contribution in [1.29, 1.82) is 0 Å². The molecule has 0 aromatic carbocycles. The number of hydrogen-bond donors (Lipinski definition) is 1. The number of aromatic nitrogens is 2. The second kappa shape index (κ2) is 7.44. The number of aryl methyl sites for hydroxylation is 1. The van der Waals surface area contributed by atoms with E-state index >= 15 is 0 Å². The number of nitrogens with zero attached hydrogens (tertiary/aromatic N) is 5. The molecule has 0 aliphatic carbocycles. The fraction of sp³-hybridized carbons (Fsp3) is 0.722. The fourth-order valence-electron chi connectivity index (χ4n) is 4.20. The van der Waals surface area contributed by atoms with Crippen LogP contribution in [0.25, 0.3) is 0 Å². The van der Waals surface area contributed by atoms with Gasteiger partial charge in [0.2, 0.25) is 11.9 Å². The second-order valence-electron chi connectivity index (χ2n) is 7.54. The van der Waals surface area contributed by atoms with E-state index in [1.54, 1.807) is 4.90 Å². The summed E-state index contributed by atoms with van der Waals surface area (Å²) in [4.78, 5) is 27.8. The molecule has 4 rings (SSSR count). The average Bonchev–Trinajstić information content (AvgIpc) is 3.31. The van der Waals surface area contributed by atoms with Gasteiger partial charge in [-0.05, 0) is 25.8 Å². The Hall–Kier alpha value is -1.80. The van der Waals surface area contributed by atoms with Crippen molar-refractivity contribution in [2.75, 3.05) is 50.7 Å². The summed E-state index contributed by atoms with van der Waals surface area (Å²) in [5.74, 6) is 0.872. The van der Waals surface area contributed by atoms with Crippen LogP contribution in [0.3, 0.4) is 0 Å². The van der Waals surface area contributed by atoms with Gasteiger partial charge in [-0.2, -0.15) is 0 Å². The maximum atomic E-state index is 13.4. The lowest BCUT2D eigenvalue weighted by molar-refractivity contribution is -0.132. The molecule has 7 nitrogen and oxygen atoms in total. The first-order valence-electron chi connectivity index (χ1n) is 9.55. The highest BCUT2D eigenvalue weighted by Crippen LogP contribution is 2.21. The third-order valence-electron chi connectivity index (χ3n) is 5.74. The summed E-state index contributed by atoms with van der Waals surface area (Å²) >= 11 is 0. The summed E-state index contributed by atoms with van der Waals surface area (Å²) in [6.07, 6.45) is 2.24. The minimum absolute atomic E-state index is 0.0689. The molecule has 4 heterocycles. The van der Waals surface area contributed by atoms with Gasteiger partial charge in [0, 0.05) is 57.2 Å². The molecule has 1 unspecified atom stereocenters. The van der Waals surface area contributed by atoms with Crippen LogP contribution in [0.1, 0.15) is 18.5 Å². The first-order chi connectivity index (χ1) is 12.6. The predicted octanol–water partition coefficient (Wildman–Crippen LogP) is 0.208. The van der Waals surface area contributed by atoms with Gasteiger partial charge < -0.3 is 15.1 Å². The quantitative estimate of drug-likeness (QED) is 0.829. The lowest BCUT2D eigenvalue weighted by Gasteiger charge is -2.37. The summed E-state index contributed by atoms with van der Waals surface area (Å²) in [6, 6.07) is 2.11.